The molecule has 0 rings (SSSR count). The highest BCUT2D eigenvalue weighted by Gasteiger charge is 2.17. The van der Waals surface area contributed by atoms with E-state index >= 15 is 0 Å². The molecule has 9 heteroatoms. The number of Topliss-reactive ketones (excluding diaryl/α,β-unsaturated/α-hetero) is 1. The van der Waals surface area contributed by atoms with Crippen LogP contribution in [0.3, 0.4) is 0 Å². The number of nitrogens with one attached hydrogen (secondary N) is 1. The van der Waals surface area contributed by atoms with Gasteiger partial charge in [-0.05, 0) is 13.3 Å². The minimum Gasteiger partial charge on any atom is -0.480 e. The minimum atomic E-state index is -1.07. The Morgan fingerprint density at radius 3 is 1.80 bits per heavy atom. The van der Waals surface area contributed by atoms with Crippen LogP contribution in [0.4, 0.5) is 0 Å². The summed E-state index contributed by atoms with van der Waals surface area (Å²) in [5, 5.41) is 20.6. The number of nitrogens with zero attached hydrogens (tertiary/aromatic N) is 2. The molecular formula is C16H29N3O6. The van der Waals surface area contributed by atoms with Crippen LogP contribution in [0.15, 0.2) is 0 Å². The highest BCUT2D eigenvalue weighted by molar-refractivity contribution is 5.79. The van der Waals surface area contributed by atoms with E-state index in [1.54, 1.807) is 0 Å². The van der Waals surface area contributed by atoms with Gasteiger partial charge in [-0.15, -0.1) is 0 Å². The first-order chi connectivity index (χ1) is 11.7. The minimum absolute atomic E-state index is 0.0313. The maximum absolute atomic E-state index is 11.9. The summed E-state index contributed by atoms with van der Waals surface area (Å²) in [6.45, 7) is 3.55. The Labute approximate surface area is 148 Å². The molecule has 0 heterocycles. The molecule has 1 amide bonds. The van der Waals surface area contributed by atoms with E-state index in [-0.39, 0.29) is 51.0 Å². The van der Waals surface area contributed by atoms with Crippen molar-refractivity contribution in [2.75, 3.05) is 45.8 Å². The number of carboxylic acid groups (broad SMARTS) is 2. The van der Waals surface area contributed by atoms with Gasteiger partial charge in [0.25, 0.3) is 0 Å². The lowest BCUT2D eigenvalue weighted by atomic mass is 10.2. The molecule has 0 aliphatic heterocycles. The third-order valence-electron chi connectivity index (χ3n) is 3.37. The Hall–Kier alpha value is -2.00. The average molecular weight is 359 g/mol. The highest BCUT2D eigenvalue weighted by Crippen LogP contribution is 1.96. The van der Waals surface area contributed by atoms with E-state index in [9.17, 15) is 19.2 Å². The van der Waals surface area contributed by atoms with E-state index < -0.39 is 11.9 Å². The zero-order chi connectivity index (χ0) is 19.2. The number of carbonyl (C=O) groups excluding carboxylic acids is 2. The van der Waals surface area contributed by atoms with Crippen molar-refractivity contribution >= 4 is 23.6 Å². The van der Waals surface area contributed by atoms with Crippen LogP contribution in [0.25, 0.3) is 0 Å². The first kappa shape index (κ1) is 23.0. The maximum Gasteiger partial charge on any atom is 0.317 e. The van der Waals surface area contributed by atoms with Crippen molar-refractivity contribution in [1.82, 2.24) is 15.1 Å². The van der Waals surface area contributed by atoms with Gasteiger partial charge in [0.15, 0.2) is 0 Å². The molecule has 0 aromatic rings. The Bertz CT molecular complexity index is 439. The molecular weight excluding hydrogens is 330 g/mol. The summed E-state index contributed by atoms with van der Waals surface area (Å²) in [6, 6.07) is 0. The summed E-state index contributed by atoms with van der Waals surface area (Å²) < 4.78 is 0. The molecule has 0 aromatic heterocycles. The van der Waals surface area contributed by atoms with Crippen LogP contribution in [0, 0.1) is 0 Å². The third-order valence-corrected chi connectivity index (χ3v) is 3.37. The number of ketones is 1. The van der Waals surface area contributed by atoms with Crippen LogP contribution in [-0.4, -0.2) is 89.5 Å². The van der Waals surface area contributed by atoms with Gasteiger partial charge < -0.3 is 15.5 Å². The zero-order valence-corrected chi connectivity index (χ0v) is 15.0. The molecule has 3 N–H and O–H groups in total. The zero-order valence-electron chi connectivity index (χ0n) is 15.0. The smallest absolute Gasteiger partial charge is 0.317 e. The fraction of sp³-hybridized carbons (Fsp3) is 0.750. The highest BCUT2D eigenvalue weighted by atomic mass is 16.4. The van der Waals surface area contributed by atoms with E-state index in [1.807, 2.05) is 0 Å². The largest absolute Gasteiger partial charge is 0.480 e. The van der Waals surface area contributed by atoms with Crippen molar-refractivity contribution < 1.29 is 29.4 Å². The standard InChI is InChI=1S/C16H29N3O6/c1-3-4-5-6-17-14(21)10-19(12-16(24)25)8-7-18(9-13(2)20)11-15(22)23/h3-12H2,1-2H3,(H,17,21)(H,22,23)(H,24,25). The fourth-order valence-electron chi connectivity index (χ4n) is 2.27. The molecule has 25 heavy (non-hydrogen) atoms. The summed E-state index contributed by atoms with van der Waals surface area (Å²) in [6.07, 6.45) is 2.91. The van der Waals surface area contributed by atoms with Crippen molar-refractivity contribution in [2.24, 2.45) is 0 Å². The molecule has 0 saturated heterocycles. The number of carboxylic acids is 2. The van der Waals surface area contributed by atoms with E-state index in [4.69, 9.17) is 10.2 Å². The molecule has 0 atom stereocenters. The average Bonchev–Trinajstić information content (AvgIpc) is 2.47. The van der Waals surface area contributed by atoms with Crippen molar-refractivity contribution in [2.45, 2.75) is 33.1 Å². The lowest BCUT2D eigenvalue weighted by molar-refractivity contribution is -0.141. The van der Waals surface area contributed by atoms with Gasteiger partial charge in [0.1, 0.15) is 5.78 Å². The summed E-state index contributed by atoms with van der Waals surface area (Å²) in [4.78, 5) is 47.7. The predicted octanol–water partition coefficient (Wildman–Crippen LogP) is -0.345. The molecule has 0 aromatic carbocycles. The van der Waals surface area contributed by atoms with E-state index in [0.717, 1.165) is 19.3 Å². The van der Waals surface area contributed by atoms with Gasteiger partial charge in [0, 0.05) is 19.6 Å². The fourth-order valence-corrected chi connectivity index (χ4v) is 2.27. The number of hydrogen-bond donors (Lipinski definition) is 3. The number of unbranched alkanes of at least 4 members (excludes halogenated alkanes) is 2. The lowest BCUT2D eigenvalue weighted by Crippen LogP contribution is -2.45. The molecule has 0 bridgehead atoms. The van der Waals surface area contributed by atoms with Gasteiger partial charge in [-0.2, -0.15) is 0 Å². The quantitative estimate of drug-likeness (QED) is 0.339. The predicted molar refractivity (Wildman–Crippen MR) is 91.4 cm³/mol. The number of carbonyl (C=O) groups is 4. The lowest BCUT2D eigenvalue weighted by Gasteiger charge is -2.24. The van der Waals surface area contributed by atoms with Gasteiger partial charge in [-0.3, -0.25) is 29.0 Å². The Morgan fingerprint density at radius 2 is 1.36 bits per heavy atom. The van der Waals surface area contributed by atoms with Crippen molar-refractivity contribution in [1.29, 1.82) is 0 Å². The summed E-state index contributed by atoms with van der Waals surface area (Å²) in [5.74, 6) is -2.59. The SMILES string of the molecule is CCCCCNC(=O)CN(CCN(CC(C)=O)CC(=O)O)CC(=O)O. The molecule has 0 fully saturated rings. The maximum atomic E-state index is 11.9. The molecule has 0 saturated carbocycles. The molecule has 0 radical (unpaired) electrons. The first-order valence-electron chi connectivity index (χ1n) is 8.39. The number of rotatable bonds is 15. The van der Waals surface area contributed by atoms with Crippen LogP contribution in [0.2, 0.25) is 0 Å². The van der Waals surface area contributed by atoms with Gasteiger partial charge in [0.05, 0.1) is 26.2 Å². The number of hydrogen-bond acceptors (Lipinski definition) is 6. The molecule has 0 aliphatic rings. The summed E-state index contributed by atoms with van der Waals surface area (Å²) in [7, 11) is 0. The second-order valence-corrected chi connectivity index (χ2v) is 5.97. The second-order valence-electron chi connectivity index (χ2n) is 5.97. The Balaban J connectivity index is 4.52. The van der Waals surface area contributed by atoms with E-state index in [2.05, 4.69) is 12.2 Å². The van der Waals surface area contributed by atoms with E-state index in [1.165, 1.54) is 16.7 Å². The van der Waals surface area contributed by atoms with Gasteiger partial charge in [-0.25, -0.2) is 0 Å². The normalized spacial score (nSPS) is 10.9. The van der Waals surface area contributed by atoms with Gasteiger partial charge in [-0.1, -0.05) is 19.8 Å². The number of amides is 1. The topological polar surface area (TPSA) is 127 Å². The molecule has 144 valence electrons. The van der Waals surface area contributed by atoms with Crippen molar-refractivity contribution in [3.8, 4) is 0 Å². The van der Waals surface area contributed by atoms with Crippen LogP contribution >= 0.6 is 0 Å². The van der Waals surface area contributed by atoms with Gasteiger partial charge >= 0.3 is 11.9 Å². The van der Waals surface area contributed by atoms with E-state index in [0.29, 0.717) is 6.54 Å². The second kappa shape index (κ2) is 13.3. The third kappa shape index (κ3) is 14.1. The first-order valence-corrected chi connectivity index (χ1v) is 8.39. The molecule has 9 nitrogen and oxygen atoms in total. The summed E-state index contributed by atoms with van der Waals surface area (Å²) in [5.41, 5.74) is 0. The van der Waals surface area contributed by atoms with Crippen LogP contribution in [0.1, 0.15) is 33.1 Å². The van der Waals surface area contributed by atoms with Crippen molar-refractivity contribution in [3.63, 3.8) is 0 Å². The molecule has 0 aliphatic carbocycles. The summed E-state index contributed by atoms with van der Waals surface area (Å²) >= 11 is 0. The van der Waals surface area contributed by atoms with Crippen LogP contribution < -0.4 is 5.32 Å². The van der Waals surface area contributed by atoms with Crippen LogP contribution in [0.5, 0.6) is 0 Å². The number of aliphatic carboxylic acids is 2. The molecule has 0 unspecified atom stereocenters. The van der Waals surface area contributed by atoms with Crippen LogP contribution in [-0.2, 0) is 19.2 Å². The van der Waals surface area contributed by atoms with Gasteiger partial charge in [0.2, 0.25) is 5.91 Å². The van der Waals surface area contributed by atoms with Crippen molar-refractivity contribution in [3.05, 3.63) is 0 Å². The Morgan fingerprint density at radius 1 is 0.840 bits per heavy atom. The monoisotopic (exact) mass is 359 g/mol. The Kier molecular flexibility index (Phi) is 12.2. The molecule has 0 spiro atoms.